The maximum atomic E-state index is 11.8. The quantitative estimate of drug-likeness (QED) is 0.344. The number of aromatic nitrogens is 2. The summed E-state index contributed by atoms with van der Waals surface area (Å²) >= 11 is 0. The summed E-state index contributed by atoms with van der Waals surface area (Å²) in [4.78, 5) is 22.7. The second-order valence-electron chi connectivity index (χ2n) is 9.33. The number of hydrogen-bond donors (Lipinski definition) is 2. The van der Waals surface area contributed by atoms with Gasteiger partial charge in [0, 0.05) is 24.9 Å². The Balaban J connectivity index is 1.50. The molecule has 3 aromatic rings. The van der Waals surface area contributed by atoms with Crippen LogP contribution in [0.2, 0.25) is 0 Å². The molecule has 1 saturated heterocycles. The molecular formula is C29H35N3O5. The molecule has 0 saturated carbocycles. The first-order chi connectivity index (χ1) is 18.1. The van der Waals surface area contributed by atoms with E-state index < -0.39 is 12.0 Å². The second kappa shape index (κ2) is 13.2. The van der Waals surface area contributed by atoms with Gasteiger partial charge >= 0.3 is 12.0 Å². The number of aliphatic carboxylic acids is 1. The van der Waals surface area contributed by atoms with Gasteiger partial charge in [0.15, 0.2) is 0 Å². The maximum Gasteiger partial charge on any atom is 0.320 e. The number of hydrogen-bond acceptors (Lipinski definition) is 7. The normalized spacial score (nSPS) is 15.9. The average molecular weight is 506 g/mol. The molecule has 1 aromatic heterocycles. The van der Waals surface area contributed by atoms with Gasteiger partial charge in [0.25, 0.3) is 0 Å². The predicted octanol–water partition coefficient (Wildman–Crippen LogP) is 4.62. The Labute approximate surface area is 217 Å². The fraction of sp³-hybridized carbons (Fsp3) is 0.414. The summed E-state index contributed by atoms with van der Waals surface area (Å²) in [6.45, 7) is 3.98. The second-order valence-corrected chi connectivity index (χ2v) is 9.33. The number of ether oxygens (including phenoxy) is 2. The van der Waals surface area contributed by atoms with Gasteiger partial charge in [-0.3, -0.25) is 9.69 Å². The van der Waals surface area contributed by atoms with Gasteiger partial charge in [0.2, 0.25) is 5.88 Å². The molecule has 0 aliphatic carbocycles. The number of aliphatic hydroxyl groups excluding tert-OH is 1. The Hall–Kier alpha value is -3.49. The van der Waals surface area contributed by atoms with Gasteiger partial charge in [-0.05, 0) is 61.4 Å². The fourth-order valence-electron chi connectivity index (χ4n) is 4.65. The van der Waals surface area contributed by atoms with Crippen LogP contribution in [0.15, 0.2) is 54.7 Å². The highest BCUT2D eigenvalue weighted by atomic mass is 16.5. The first-order valence-electron chi connectivity index (χ1n) is 12.9. The molecule has 0 spiro atoms. The first kappa shape index (κ1) is 26.6. The van der Waals surface area contributed by atoms with Crippen LogP contribution in [0.3, 0.4) is 0 Å². The number of nitrogens with zero attached hydrogens (tertiary/aromatic N) is 3. The molecule has 1 aliphatic rings. The molecule has 2 aromatic carbocycles. The molecule has 0 radical (unpaired) electrons. The summed E-state index contributed by atoms with van der Waals surface area (Å²) in [7, 11) is 0. The lowest BCUT2D eigenvalue weighted by Gasteiger charge is -2.32. The standard InChI is InChI=1S/C29H35N3O5/c1-21-23(12-9-13-25(21)22-10-3-2-4-11-22)20-37-29-30-18-24(27(31-29)36-17-8-7-16-33)19-32-15-6-5-14-26(32)28(34)35/h2-4,9-13,18,26,33H,5-8,14-17,19-20H2,1H3,(H,34,35). The zero-order valence-corrected chi connectivity index (χ0v) is 21.3. The van der Waals surface area contributed by atoms with Crippen LogP contribution in [0.5, 0.6) is 11.9 Å². The molecule has 8 nitrogen and oxygen atoms in total. The van der Waals surface area contributed by atoms with Crippen molar-refractivity contribution in [2.75, 3.05) is 19.8 Å². The summed E-state index contributed by atoms with van der Waals surface area (Å²) in [5.41, 5.74) is 5.21. The molecule has 1 atom stereocenters. The van der Waals surface area contributed by atoms with Gasteiger partial charge in [-0.15, -0.1) is 0 Å². The molecule has 0 bridgehead atoms. The molecule has 1 fully saturated rings. The maximum absolute atomic E-state index is 11.8. The monoisotopic (exact) mass is 505 g/mol. The zero-order chi connectivity index (χ0) is 26.0. The Morgan fingerprint density at radius 1 is 1.05 bits per heavy atom. The van der Waals surface area contributed by atoms with Gasteiger partial charge in [0.1, 0.15) is 12.6 Å². The summed E-state index contributed by atoms with van der Waals surface area (Å²) in [5, 5.41) is 18.7. The largest absolute Gasteiger partial charge is 0.480 e. The third-order valence-electron chi connectivity index (χ3n) is 6.75. The van der Waals surface area contributed by atoms with Crippen molar-refractivity contribution in [1.29, 1.82) is 0 Å². The van der Waals surface area contributed by atoms with E-state index in [-0.39, 0.29) is 12.6 Å². The first-order valence-corrected chi connectivity index (χ1v) is 12.9. The highest BCUT2D eigenvalue weighted by molar-refractivity contribution is 5.73. The van der Waals surface area contributed by atoms with E-state index in [1.54, 1.807) is 6.20 Å². The molecule has 196 valence electrons. The van der Waals surface area contributed by atoms with Gasteiger partial charge in [-0.25, -0.2) is 4.98 Å². The van der Waals surface area contributed by atoms with Crippen LogP contribution < -0.4 is 9.47 Å². The molecule has 37 heavy (non-hydrogen) atoms. The van der Waals surface area contributed by atoms with Crippen LogP contribution in [0, 0.1) is 6.92 Å². The van der Waals surface area contributed by atoms with Crippen molar-refractivity contribution in [1.82, 2.24) is 14.9 Å². The highest BCUT2D eigenvalue weighted by Crippen LogP contribution is 2.28. The Morgan fingerprint density at radius 3 is 2.68 bits per heavy atom. The van der Waals surface area contributed by atoms with Crippen molar-refractivity contribution >= 4 is 5.97 Å². The van der Waals surface area contributed by atoms with Crippen LogP contribution in [-0.2, 0) is 17.9 Å². The lowest BCUT2D eigenvalue weighted by atomic mass is 9.97. The number of carbonyl (C=O) groups is 1. The van der Waals surface area contributed by atoms with Crippen molar-refractivity contribution in [3.63, 3.8) is 0 Å². The Morgan fingerprint density at radius 2 is 1.89 bits per heavy atom. The van der Waals surface area contributed by atoms with Crippen LogP contribution in [0.1, 0.15) is 48.8 Å². The van der Waals surface area contributed by atoms with E-state index in [1.807, 2.05) is 35.2 Å². The number of carboxylic acid groups (broad SMARTS) is 1. The summed E-state index contributed by atoms with van der Waals surface area (Å²) in [6.07, 6.45) is 5.49. The third-order valence-corrected chi connectivity index (χ3v) is 6.75. The molecule has 2 N–H and O–H groups in total. The molecule has 8 heteroatoms. The Kier molecular flexibility index (Phi) is 9.46. The van der Waals surface area contributed by atoms with E-state index >= 15 is 0 Å². The van der Waals surface area contributed by atoms with Crippen molar-refractivity contribution in [3.05, 3.63) is 71.4 Å². The van der Waals surface area contributed by atoms with Gasteiger partial charge in [-0.1, -0.05) is 55.0 Å². The van der Waals surface area contributed by atoms with Gasteiger partial charge in [0.05, 0.1) is 6.61 Å². The minimum atomic E-state index is -0.806. The minimum absolute atomic E-state index is 0.101. The van der Waals surface area contributed by atoms with Gasteiger partial charge in [-0.2, -0.15) is 4.98 Å². The molecular weight excluding hydrogens is 470 g/mol. The fourth-order valence-corrected chi connectivity index (χ4v) is 4.65. The number of carboxylic acids is 1. The van der Waals surface area contributed by atoms with Crippen molar-refractivity contribution in [2.45, 2.75) is 58.2 Å². The number of piperidine rings is 1. The van der Waals surface area contributed by atoms with E-state index in [0.29, 0.717) is 51.4 Å². The average Bonchev–Trinajstić information content (AvgIpc) is 2.92. The number of likely N-dealkylation sites (tertiary alicyclic amines) is 1. The van der Waals surface area contributed by atoms with Crippen molar-refractivity contribution < 1.29 is 24.5 Å². The SMILES string of the molecule is Cc1c(COc2ncc(CN3CCCCC3C(=O)O)c(OCCCCO)n2)cccc1-c1ccccc1. The highest BCUT2D eigenvalue weighted by Gasteiger charge is 2.29. The van der Waals surface area contributed by atoms with E-state index in [4.69, 9.17) is 14.6 Å². The van der Waals surface area contributed by atoms with E-state index in [1.165, 1.54) is 0 Å². The molecule has 1 unspecified atom stereocenters. The molecule has 4 rings (SSSR count). The van der Waals surface area contributed by atoms with Crippen LogP contribution >= 0.6 is 0 Å². The molecule has 1 aliphatic heterocycles. The molecule has 2 heterocycles. The minimum Gasteiger partial charge on any atom is -0.480 e. The van der Waals surface area contributed by atoms with Gasteiger partial charge < -0.3 is 19.7 Å². The lowest BCUT2D eigenvalue weighted by molar-refractivity contribution is -0.144. The molecule has 0 amide bonds. The number of aliphatic hydroxyl groups is 1. The van der Waals surface area contributed by atoms with E-state index in [2.05, 4.69) is 35.1 Å². The zero-order valence-electron chi connectivity index (χ0n) is 21.3. The van der Waals surface area contributed by atoms with E-state index in [0.717, 1.165) is 40.7 Å². The smallest absolute Gasteiger partial charge is 0.320 e. The number of rotatable bonds is 12. The topological polar surface area (TPSA) is 105 Å². The summed E-state index contributed by atoms with van der Waals surface area (Å²) < 4.78 is 11.9. The van der Waals surface area contributed by atoms with E-state index in [9.17, 15) is 9.90 Å². The Bertz CT molecular complexity index is 1170. The van der Waals surface area contributed by atoms with Crippen molar-refractivity contribution in [2.24, 2.45) is 0 Å². The van der Waals surface area contributed by atoms with Crippen LogP contribution in [0.4, 0.5) is 0 Å². The predicted molar refractivity (Wildman–Crippen MR) is 140 cm³/mol. The third kappa shape index (κ3) is 7.05. The lowest BCUT2D eigenvalue weighted by Crippen LogP contribution is -2.44. The number of benzene rings is 2. The van der Waals surface area contributed by atoms with Crippen LogP contribution in [-0.4, -0.2) is 56.9 Å². The van der Waals surface area contributed by atoms with Crippen LogP contribution in [0.25, 0.3) is 11.1 Å². The summed E-state index contributed by atoms with van der Waals surface area (Å²) in [5.74, 6) is -0.411. The summed E-state index contributed by atoms with van der Waals surface area (Å²) in [6, 6.07) is 16.1. The van der Waals surface area contributed by atoms with Crippen molar-refractivity contribution in [3.8, 4) is 23.0 Å². The number of unbranched alkanes of at least 4 members (excludes halogenated alkanes) is 1.